The Kier molecular flexibility index (Phi) is 4.33. The van der Waals surface area contributed by atoms with Gasteiger partial charge in [-0.1, -0.05) is 12.1 Å². The first kappa shape index (κ1) is 15.5. The molecule has 0 amide bonds. The molecule has 1 aliphatic heterocycles. The lowest BCUT2D eigenvalue weighted by Crippen LogP contribution is -2.17. The molecule has 0 aliphatic carbocycles. The summed E-state index contributed by atoms with van der Waals surface area (Å²) < 4.78 is 40.5. The minimum absolute atomic E-state index is 0.213. The topological polar surface area (TPSA) is 59.1 Å². The van der Waals surface area contributed by atoms with Crippen molar-refractivity contribution in [3.05, 3.63) is 47.3 Å². The molecule has 3 rings (SSSR count). The van der Waals surface area contributed by atoms with Crippen LogP contribution >= 0.6 is 0 Å². The monoisotopic (exact) mass is 324 g/mol. The van der Waals surface area contributed by atoms with Gasteiger partial charge in [0.25, 0.3) is 0 Å². The summed E-state index contributed by atoms with van der Waals surface area (Å²) in [6.07, 6.45) is -2.36. The van der Waals surface area contributed by atoms with Gasteiger partial charge in [0.2, 0.25) is 5.95 Å². The van der Waals surface area contributed by atoms with Gasteiger partial charge < -0.3 is 15.4 Å². The summed E-state index contributed by atoms with van der Waals surface area (Å²) in [5.74, 6) is 0.310. The number of halogens is 3. The number of aromatic nitrogens is 2. The second-order valence-corrected chi connectivity index (χ2v) is 5.14. The number of rotatable bonds is 5. The van der Waals surface area contributed by atoms with Gasteiger partial charge in [0.05, 0.1) is 5.69 Å². The number of fused-ring (bicyclic) bond motifs is 1. The second kappa shape index (κ2) is 6.41. The van der Waals surface area contributed by atoms with E-state index in [2.05, 4.69) is 25.3 Å². The Morgan fingerprint density at radius 1 is 1.26 bits per heavy atom. The third-order valence-electron chi connectivity index (χ3n) is 3.39. The average Bonchev–Trinajstić information content (AvgIpc) is 2.93. The average molecular weight is 324 g/mol. The summed E-state index contributed by atoms with van der Waals surface area (Å²) in [5.41, 5.74) is 2.80. The first-order valence-corrected chi connectivity index (χ1v) is 7.14. The van der Waals surface area contributed by atoms with Gasteiger partial charge in [-0.25, -0.2) is 9.97 Å². The largest absolute Gasteiger partial charge is 0.573 e. The molecule has 0 unspecified atom stereocenters. The molecule has 5 nitrogen and oxygen atoms in total. The zero-order chi connectivity index (χ0) is 16.3. The third-order valence-corrected chi connectivity index (χ3v) is 3.39. The van der Waals surface area contributed by atoms with E-state index in [0.29, 0.717) is 18.9 Å². The molecule has 0 saturated heterocycles. The van der Waals surface area contributed by atoms with Crippen LogP contribution in [-0.4, -0.2) is 22.9 Å². The van der Waals surface area contributed by atoms with E-state index in [1.165, 1.54) is 18.2 Å². The lowest BCUT2D eigenvalue weighted by molar-refractivity contribution is -0.274. The fraction of sp³-hybridized carbons (Fsp3) is 0.333. The van der Waals surface area contributed by atoms with Crippen molar-refractivity contribution in [2.45, 2.75) is 25.9 Å². The van der Waals surface area contributed by atoms with Gasteiger partial charge in [-0.05, 0) is 24.1 Å². The van der Waals surface area contributed by atoms with E-state index in [1.54, 1.807) is 12.3 Å². The van der Waals surface area contributed by atoms with Gasteiger partial charge in [0.1, 0.15) is 5.75 Å². The normalized spacial score (nSPS) is 13.7. The van der Waals surface area contributed by atoms with Crippen LogP contribution in [0.3, 0.4) is 0 Å². The van der Waals surface area contributed by atoms with Crippen LogP contribution in [-0.2, 0) is 19.5 Å². The van der Waals surface area contributed by atoms with E-state index >= 15 is 0 Å². The predicted molar refractivity (Wildman–Crippen MR) is 77.9 cm³/mol. The van der Waals surface area contributed by atoms with Gasteiger partial charge >= 0.3 is 6.36 Å². The van der Waals surface area contributed by atoms with Crippen LogP contribution in [0.4, 0.5) is 19.1 Å². The number of hydrogen-bond acceptors (Lipinski definition) is 5. The van der Waals surface area contributed by atoms with E-state index < -0.39 is 6.36 Å². The standard InChI is InChI=1S/C15H15F3N4O/c16-15(17,18)23-12-3-1-2-10(6-12)4-5-20-14-21-8-11-7-19-9-13(11)22-14/h1-3,6,8,19H,4-5,7,9H2,(H,20,21,22). The first-order chi connectivity index (χ1) is 11.0. The van der Waals surface area contributed by atoms with Crippen molar-refractivity contribution in [3.8, 4) is 5.75 Å². The number of nitrogens with zero attached hydrogens (tertiary/aromatic N) is 2. The van der Waals surface area contributed by atoms with Crippen LogP contribution in [0, 0.1) is 0 Å². The maximum absolute atomic E-state index is 12.2. The Hall–Kier alpha value is -2.35. The second-order valence-electron chi connectivity index (χ2n) is 5.14. The van der Waals surface area contributed by atoms with E-state index in [9.17, 15) is 13.2 Å². The highest BCUT2D eigenvalue weighted by Crippen LogP contribution is 2.23. The van der Waals surface area contributed by atoms with Gasteiger partial charge in [0.15, 0.2) is 0 Å². The molecule has 0 fully saturated rings. The van der Waals surface area contributed by atoms with Crippen molar-refractivity contribution in [2.24, 2.45) is 0 Å². The SMILES string of the molecule is FC(F)(F)Oc1cccc(CCNc2ncc3c(n2)CNC3)c1. The Labute approximate surface area is 130 Å². The zero-order valence-electron chi connectivity index (χ0n) is 12.2. The van der Waals surface area contributed by atoms with Crippen molar-refractivity contribution < 1.29 is 17.9 Å². The molecule has 122 valence electrons. The van der Waals surface area contributed by atoms with Crippen LogP contribution in [0.2, 0.25) is 0 Å². The Morgan fingerprint density at radius 3 is 2.96 bits per heavy atom. The fourth-order valence-electron chi connectivity index (χ4n) is 2.36. The van der Waals surface area contributed by atoms with Gasteiger partial charge in [-0.2, -0.15) is 0 Å². The summed E-state index contributed by atoms with van der Waals surface area (Å²) in [7, 11) is 0. The molecule has 2 aromatic rings. The van der Waals surface area contributed by atoms with E-state index in [1.807, 2.05) is 0 Å². The van der Waals surface area contributed by atoms with Crippen LogP contribution in [0.1, 0.15) is 16.8 Å². The maximum Gasteiger partial charge on any atom is 0.573 e. The molecule has 23 heavy (non-hydrogen) atoms. The van der Waals surface area contributed by atoms with E-state index in [0.717, 1.165) is 29.9 Å². The van der Waals surface area contributed by atoms with Crippen molar-refractivity contribution in [1.82, 2.24) is 15.3 Å². The lowest BCUT2D eigenvalue weighted by Gasteiger charge is -2.10. The highest BCUT2D eigenvalue weighted by molar-refractivity contribution is 5.33. The fourth-order valence-corrected chi connectivity index (χ4v) is 2.36. The minimum Gasteiger partial charge on any atom is -0.406 e. The van der Waals surface area contributed by atoms with Crippen LogP contribution < -0.4 is 15.4 Å². The van der Waals surface area contributed by atoms with Crippen molar-refractivity contribution in [3.63, 3.8) is 0 Å². The molecule has 8 heteroatoms. The summed E-state index contributed by atoms with van der Waals surface area (Å²) in [4.78, 5) is 8.60. The highest BCUT2D eigenvalue weighted by Gasteiger charge is 2.31. The van der Waals surface area contributed by atoms with Crippen LogP contribution in [0.15, 0.2) is 30.5 Å². The quantitative estimate of drug-likeness (QED) is 0.885. The summed E-state index contributed by atoms with van der Waals surface area (Å²) >= 11 is 0. The molecule has 2 N–H and O–H groups in total. The number of nitrogens with one attached hydrogen (secondary N) is 2. The molecule has 1 aromatic carbocycles. The summed E-state index contributed by atoms with van der Waals surface area (Å²) in [6, 6.07) is 5.94. The Bertz CT molecular complexity index is 691. The molecule has 1 aromatic heterocycles. The molecule has 0 radical (unpaired) electrons. The van der Waals surface area contributed by atoms with E-state index in [4.69, 9.17) is 0 Å². The van der Waals surface area contributed by atoms with Gasteiger partial charge in [-0.3, -0.25) is 0 Å². The molecular weight excluding hydrogens is 309 g/mol. The lowest BCUT2D eigenvalue weighted by atomic mass is 10.1. The molecule has 1 aliphatic rings. The van der Waals surface area contributed by atoms with Crippen LogP contribution in [0.5, 0.6) is 5.75 Å². The Morgan fingerprint density at radius 2 is 2.13 bits per heavy atom. The predicted octanol–water partition coefficient (Wildman–Crippen LogP) is 2.63. The molecular formula is C15H15F3N4O. The molecule has 0 atom stereocenters. The van der Waals surface area contributed by atoms with Crippen LogP contribution in [0.25, 0.3) is 0 Å². The minimum atomic E-state index is -4.68. The smallest absolute Gasteiger partial charge is 0.406 e. The van der Waals surface area contributed by atoms with E-state index in [-0.39, 0.29) is 5.75 Å². The maximum atomic E-state index is 12.2. The molecule has 2 heterocycles. The highest BCUT2D eigenvalue weighted by atomic mass is 19.4. The summed E-state index contributed by atoms with van der Waals surface area (Å²) in [6.45, 7) is 2.02. The van der Waals surface area contributed by atoms with Crippen molar-refractivity contribution >= 4 is 5.95 Å². The first-order valence-electron chi connectivity index (χ1n) is 7.14. The zero-order valence-corrected chi connectivity index (χ0v) is 12.2. The van der Waals surface area contributed by atoms with Gasteiger partial charge in [0, 0.05) is 31.4 Å². The number of anilines is 1. The third kappa shape index (κ3) is 4.32. The number of alkyl halides is 3. The van der Waals surface area contributed by atoms with Crippen molar-refractivity contribution in [1.29, 1.82) is 0 Å². The molecule has 0 spiro atoms. The number of ether oxygens (including phenoxy) is 1. The summed E-state index contributed by atoms with van der Waals surface area (Å²) in [5, 5.41) is 6.26. The molecule has 0 bridgehead atoms. The van der Waals surface area contributed by atoms with Gasteiger partial charge in [-0.15, -0.1) is 13.2 Å². The number of benzene rings is 1. The molecule has 0 saturated carbocycles. The number of hydrogen-bond donors (Lipinski definition) is 2. The Balaban J connectivity index is 1.55. The van der Waals surface area contributed by atoms with Crippen molar-refractivity contribution in [2.75, 3.05) is 11.9 Å².